The lowest BCUT2D eigenvalue weighted by Crippen LogP contribution is -2.43. The van der Waals surface area contributed by atoms with Crippen LogP contribution in [0, 0.1) is 0 Å². The van der Waals surface area contributed by atoms with Crippen LogP contribution in [0.1, 0.15) is 12.0 Å². The van der Waals surface area contributed by atoms with Crippen molar-refractivity contribution in [2.75, 3.05) is 32.2 Å². The molecule has 2 N–H and O–H groups in total. The smallest absolute Gasteiger partial charge is 0.315 e. The first-order chi connectivity index (χ1) is 13.6. The zero-order valence-electron chi connectivity index (χ0n) is 16.1. The average molecular weight is 383 g/mol. The highest BCUT2D eigenvalue weighted by atomic mass is 16.5. The Morgan fingerprint density at radius 3 is 2.57 bits per heavy atom. The summed E-state index contributed by atoms with van der Waals surface area (Å²) in [5.74, 6) is 1.35. The second-order valence-corrected chi connectivity index (χ2v) is 6.58. The molecule has 2 aromatic rings. The normalized spacial score (nSPS) is 16.0. The van der Waals surface area contributed by atoms with E-state index < -0.39 is 0 Å². The van der Waals surface area contributed by atoms with Crippen LogP contribution in [-0.4, -0.2) is 45.3 Å². The van der Waals surface area contributed by atoms with Crippen LogP contribution in [0.25, 0.3) is 0 Å². The van der Waals surface area contributed by atoms with Gasteiger partial charge in [0.05, 0.1) is 20.3 Å². The summed E-state index contributed by atoms with van der Waals surface area (Å²) in [7, 11) is 3.19. The average Bonchev–Trinajstić information content (AvgIpc) is 3.08. The topological polar surface area (TPSA) is 79.9 Å². The first-order valence-corrected chi connectivity index (χ1v) is 9.21. The Kier molecular flexibility index (Phi) is 6.37. The first-order valence-electron chi connectivity index (χ1n) is 9.21. The highest BCUT2D eigenvalue weighted by Crippen LogP contribution is 2.27. The monoisotopic (exact) mass is 383 g/mol. The van der Waals surface area contributed by atoms with E-state index in [0.29, 0.717) is 37.4 Å². The Morgan fingerprint density at radius 1 is 1.11 bits per heavy atom. The number of rotatable bonds is 7. The maximum atomic E-state index is 12.2. The SMILES string of the molecule is COc1ccc(CCNC(=O)NC2CC(=O)N(c3ccccc3)C2)cc1OC. The van der Waals surface area contributed by atoms with Crippen LogP contribution in [-0.2, 0) is 11.2 Å². The van der Waals surface area contributed by atoms with E-state index in [1.807, 2.05) is 48.5 Å². The highest BCUT2D eigenvalue weighted by Gasteiger charge is 2.31. The summed E-state index contributed by atoms with van der Waals surface area (Å²) in [5.41, 5.74) is 1.88. The number of hydrogen-bond acceptors (Lipinski definition) is 4. The van der Waals surface area contributed by atoms with E-state index in [9.17, 15) is 9.59 Å². The van der Waals surface area contributed by atoms with Gasteiger partial charge in [-0.2, -0.15) is 0 Å². The third kappa shape index (κ3) is 4.73. The van der Waals surface area contributed by atoms with Crippen molar-refractivity contribution in [3.63, 3.8) is 0 Å². The van der Waals surface area contributed by atoms with Crippen LogP contribution < -0.4 is 25.0 Å². The molecule has 3 rings (SSSR count). The zero-order valence-corrected chi connectivity index (χ0v) is 16.1. The van der Waals surface area contributed by atoms with Gasteiger partial charge in [-0.05, 0) is 36.2 Å². The maximum absolute atomic E-state index is 12.2. The lowest BCUT2D eigenvalue weighted by molar-refractivity contribution is -0.117. The number of nitrogens with one attached hydrogen (secondary N) is 2. The van der Waals surface area contributed by atoms with Gasteiger partial charge in [0.15, 0.2) is 11.5 Å². The van der Waals surface area contributed by atoms with Gasteiger partial charge < -0.3 is 25.0 Å². The molecule has 0 aliphatic carbocycles. The van der Waals surface area contributed by atoms with Crippen LogP contribution in [0.5, 0.6) is 11.5 Å². The van der Waals surface area contributed by atoms with Crippen molar-refractivity contribution in [1.29, 1.82) is 0 Å². The lowest BCUT2D eigenvalue weighted by Gasteiger charge is -2.17. The Morgan fingerprint density at radius 2 is 1.86 bits per heavy atom. The molecule has 1 aliphatic heterocycles. The van der Waals surface area contributed by atoms with Crippen molar-refractivity contribution in [1.82, 2.24) is 10.6 Å². The molecule has 0 saturated carbocycles. The Balaban J connectivity index is 1.46. The minimum atomic E-state index is -0.270. The number of para-hydroxylation sites is 1. The second-order valence-electron chi connectivity index (χ2n) is 6.58. The third-order valence-electron chi connectivity index (χ3n) is 4.68. The number of carbonyl (C=O) groups excluding carboxylic acids is 2. The first kappa shape index (κ1) is 19.5. The number of hydrogen-bond donors (Lipinski definition) is 2. The number of benzene rings is 2. The van der Waals surface area contributed by atoms with Crippen LogP contribution in [0.4, 0.5) is 10.5 Å². The number of carbonyl (C=O) groups is 2. The predicted octanol–water partition coefficient (Wildman–Crippen LogP) is 2.35. The van der Waals surface area contributed by atoms with Crippen molar-refractivity contribution in [3.8, 4) is 11.5 Å². The molecule has 28 heavy (non-hydrogen) atoms. The van der Waals surface area contributed by atoms with Crippen molar-refractivity contribution in [2.24, 2.45) is 0 Å². The van der Waals surface area contributed by atoms with E-state index in [1.165, 1.54) is 0 Å². The fraction of sp³-hybridized carbons (Fsp3) is 0.333. The molecule has 3 amide bonds. The van der Waals surface area contributed by atoms with Crippen LogP contribution in [0.15, 0.2) is 48.5 Å². The van der Waals surface area contributed by atoms with E-state index in [-0.39, 0.29) is 18.0 Å². The van der Waals surface area contributed by atoms with Crippen LogP contribution >= 0.6 is 0 Å². The quantitative estimate of drug-likeness (QED) is 0.769. The third-order valence-corrected chi connectivity index (χ3v) is 4.68. The summed E-state index contributed by atoms with van der Waals surface area (Å²) in [6.07, 6.45) is 0.964. The summed E-state index contributed by atoms with van der Waals surface area (Å²) in [4.78, 5) is 26.1. The van der Waals surface area contributed by atoms with E-state index in [0.717, 1.165) is 11.3 Å². The van der Waals surface area contributed by atoms with Gasteiger partial charge in [-0.25, -0.2) is 4.79 Å². The zero-order chi connectivity index (χ0) is 19.9. The number of ether oxygens (including phenoxy) is 2. The van der Waals surface area contributed by atoms with E-state index in [2.05, 4.69) is 10.6 Å². The van der Waals surface area contributed by atoms with Gasteiger partial charge in [-0.1, -0.05) is 24.3 Å². The molecule has 2 aromatic carbocycles. The molecule has 7 nitrogen and oxygen atoms in total. The molecule has 7 heteroatoms. The Hall–Kier alpha value is -3.22. The molecule has 0 spiro atoms. The minimum Gasteiger partial charge on any atom is -0.493 e. The van der Waals surface area contributed by atoms with Crippen molar-refractivity contribution in [3.05, 3.63) is 54.1 Å². The van der Waals surface area contributed by atoms with Gasteiger partial charge in [-0.3, -0.25) is 4.79 Å². The summed E-state index contributed by atoms with van der Waals surface area (Å²) in [6.45, 7) is 0.955. The number of urea groups is 1. The van der Waals surface area contributed by atoms with Gasteiger partial charge in [0.2, 0.25) is 5.91 Å². The fourth-order valence-corrected chi connectivity index (χ4v) is 3.25. The molecular weight excluding hydrogens is 358 g/mol. The predicted molar refractivity (Wildman–Crippen MR) is 107 cm³/mol. The summed E-state index contributed by atoms with van der Waals surface area (Å²) in [6, 6.07) is 14.7. The molecule has 1 heterocycles. The minimum absolute atomic E-state index is 0.0156. The largest absolute Gasteiger partial charge is 0.493 e. The fourth-order valence-electron chi connectivity index (χ4n) is 3.25. The molecule has 0 radical (unpaired) electrons. The summed E-state index contributed by atoms with van der Waals surface area (Å²) in [5, 5.41) is 5.72. The van der Waals surface area contributed by atoms with Crippen molar-refractivity contribution < 1.29 is 19.1 Å². The summed E-state index contributed by atoms with van der Waals surface area (Å²) >= 11 is 0. The van der Waals surface area contributed by atoms with Crippen molar-refractivity contribution >= 4 is 17.6 Å². The van der Waals surface area contributed by atoms with Crippen LogP contribution in [0.3, 0.4) is 0 Å². The lowest BCUT2D eigenvalue weighted by atomic mass is 10.1. The standard InChI is InChI=1S/C21H25N3O4/c1-27-18-9-8-15(12-19(18)28-2)10-11-22-21(26)23-16-13-20(25)24(14-16)17-6-4-3-5-7-17/h3-9,12,16H,10-11,13-14H2,1-2H3,(H2,22,23,26). The molecular formula is C21H25N3O4. The van der Waals surface area contributed by atoms with E-state index in [1.54, 1.807) is 19.1 Å². The molecule has 0 bridgehead atoms. The number of methoxy groups -OCH3 is 2. The maximum Gasteiger partial charge on any atom is 0.315 e. The van der Waals surface area contributed by atoms with E-state index in [4.69, 9.17) is 9.47 Å². The van der Waals surface area contributed by atoms with Gasteiger partial charge in [0.25, 0.3) is 0 Å². The number of anilines is 1. The number of nitrogens with zero attached hydrogens (tertiary/aromatic N) is 1. The molecule has 1 aliphatic rings. The van der Waals surface area contributed by atoms with Gasteiger partial charge in [0.1, 0.15) is 0 Å². The van der Waals surface area contributed by atoms with Gasteiger partial charge in [0, 0.05) is 25.2 Å². The summed E-state index contributed by atoms with van der Waals surface area (Å²) < 4.78 is 10.5. The van der Waals surface area contributed by atoms with Gasteiger partial charge in [-0.15, -0.1) is 0 Å². The molecule has 1 fully saturated rings. The Labute approximate surface area is 164 Å². The van der Waals surface area contributed by atoms with Crippen LogP contribution in [0.2, 0.25) is 0 Å². The van der Waals surface area contributed by atoms with Gasteiger partial charge >= 0.3 is 6.03 Å². The molecule has 1 saturated heterocycles. The van der Waals surface area contributed by atoms with Crippen molar-refractivity contribution in [2.45, 2.75) is 18.9 Å². The Bertz CT molecular complexity index is 826. The molecule has 0 aromatic heterocycles. The second kappa shape index (κ2) is 9.12. The molecule has 1 unspecified atom stereocenters. The molecule has 1 atom stereocenters. The highest BCUT2D eigenvalue weighted by molar-refractivity contribution is 5.96. The molecule has 148 valence electrons. The number of amides is 3. The van der Waals surface area contributed by atoms with E-state index >= 15 is 0 Å².